The van der Waals surface area contributed by atoms with E-state index in [0.29, 0.717) is 18.9 Å². The molecule has 1 aliphatic carbocycles. The maximum Gasteiger partial charge on any atom is 0.317 e. The first-order valence-corrected chi connectivity index (χ1v) is 8.58. The third kappa shape index (κ3) is 3.68. The quantitative estimate of drug-likeness (QED) is 0.888. The van der Waals surface area contributed by atoms with Crippen molar-refractivity contribution in [3.05, 3.63) is 35.6 Å². The molecule has 2 N–H and O–H groups in total. The van der Waals surface area contributed by atoms with Gasteiger partial charge in [0.1, 0.15) is 5.82 Å². The molecule has 1 aliphatic heterocycles. The van der Waals surface area contributed by atoms with Crippen molar-refractivity contribution in [2.75, 3.05) is 13.1 Å². The number of nitrogens with zero attached hydrogens (tertiary/aromatic N) is 1. The second-order valence-corrected chi connectivity index (χ2v) is 6.80. The molecule has 2 amide bonds. The minimum absolute atomic E-state index is 0.223. The lowest BCUT2D eigenvalue weighted by Crippen LogP contribution is -2.42. The molecule has 0 bridgehead atoms. The Bertz CT molecular complexity index is 616. The molecule has 1 saturated heterocycles. The Kier molecular flexibility index (Phi) is 5.02. The van der Waals surface area contributed by atoms with Gasteiger partial charge in [-0.3, -0.25) is 4.79 Å². The molecule has 130 valence electrons. The second-order valence-electron chi connectivity index (χ2n) is 6.80. The van der Waals surface area contributed by atoms with Gasteiger partial charge in [-0.2, -0.15) is 0 Å². The fourth-order valence-electron chi connectivity index (χ4n) is 3.83. The van der Waals surface area contributed by atoms with Crippen LogP contribution in [0.4, 0.5) is 9.18 Å². The Labute approximate surface area is 140 Å². The summed E-state index contributed by atoms with van der Waals surface area (Å²) < 4.78 is 13.6. The number of amides is 2. The van der Waals surface area contributed by atoms with Crippen molar-refractivity contribution in [3.63, 3.8) is 0 Å². The van der Waals surface area contributed by atoms with E-state index in [-0.39, 0.29) is 24.4 Å². The molecule has 0 aromatic heterocycles. The van der Waals surface area contributed by atoms with Crippen LogP contribution in [-0.2, 0) is 4.79 Å². The van der Waals surface area contributed by atoms with Crippen LogP contribution in [0.1, 0.15) is 43.7 Å². The normalized spacial score (nSPS) is 22.5. The molecule has 1 saturated carbocycles. The van der Waals surface area contributed by atoms with Crippen LogP contribution >= 0.6 is 0 Å². The molecule has 0 radical (unpaired) electrons. The fraction of sp³-hybridized carbons (Fsp3) is 0.556. The maximum absolute atomic E-state index is 13.6. The van der Waals surface area contributed by atoms with Gasteiger partial charge in [-0.05, 0) is 42.9 Å². The number of carbonyl (C=O) groups excluding carboxylic acids is 1. The first-order chi connectivity index (χ1) is 11.5. The molecular weight excluding hydrogens is 311 g/mol. The Morgan fingerprint density at radius 2 is 2.00 bits per heavy atom. The number of carbonyl (C=O) groups is 2. The Balaban J connectivity index is 1.72. The highest BCUT2D eigenvalue weighted by atomic mass is 19.1. The van der Waals surface area contributed by atoms with E-state index in [2.05, 4.69) is 5.32 Å². The molecule has 2 atom stereocenters. The lowest BCUT2D eigenvalue weighted by Gasteiger charge is -2.28. The van der Waals surface area contributed by atoms with E-state index in [4.69, 9.17) is 5.11 Å². The van der Waals surface area contributed by atoms with Gasteiger partial charge in [0.05, 0.1) is 12.0 Å². The number of halogens is 1. The molecule has 3 rings (SSSR count). The van der Waals surface area contributed by atoms with E-state index in [0.717, 1.165) is 31.2 Å². The molecule has 2 unspecified atom stereocenters. The maximum atomic E-state index is 13.6. The van der Waals surface area contributed by atoms with Crippen LogP contribution in [0, 0.1) is 17.7 Å². The summed E-state index contributed by atoms with van der Waals surface area (Å²) in [7, 11) is 0. The van der Waals surface area contributed by atoms with Crippen LogP contribution in [0.3, 0.4) is 0 Å². The van der Waals surface area contributed by atoms with Crippen LogP contribution in [0.15, 0.2) is 24.3 Å². The highest BCUT2D eigenvalue weighted by Crippen LogP contribution is 2.36. The lowest BCUT2D eigenvalue weighted by molar-refractivity contribution is -0.141. The molecular formula is C18H23FN2O3. The van der Waals surface area contributed by atoms with Gasteiger partial charge in [-0.1, -0.05) is 25.0 Å². The number of likely N-dealkylation sites (tertiary alicyclic amines) is 1. The predicted octanol–water partition coefficient (Wildman–Crippen LogP) is 3.17. The van der Waals surface area contributed by atoms with E-state index >= 15 is 0 Å². The third-order valence-corrected chi connectivity index (χ3v) is 5.18. The molecule has 1 heterocycles. The smallest absolute Gasteiger partial charge is 0.317 e. The summed E-state index contributed by atoms with van der Waals surface area (Å²) in [4.78, 5) is 25.2. The molecule has 0 spiro atoms. The van der Waals surface area contributed by atoms with E-state index in [1.807, 2.05) is 6.07 Å². The molecule has 1 aromatic carbocycles. The number of urea groups is 1. The topological polar surface area (TPSA) is 69.6 Å². The number of rotatable bonds is 4. The Morgan fingerprint density at radius 3 is 2.62 bits per heavy atom. The first-order valence-electron chi connectivity index (χ1n) is 8.58. The van der Waals surface area contributed by atoms with Crippen LogP contribution < -0.4 is 5.32 Å². The molecule has 24 heavy (non-hydrogen) atoms. The summed E-state index contributed by atoms with van der Waals surface area (Å²) in [5, 5.41) is 12.1. The third-order valence-electron chi connectivity index (χ3n) is 5.18. The van der Waals surface area contributed by atoms with Gasteiger partial charge in [0.15, 0.2) is 0 Å². The predicted molar refractivity (Wildman–Crippen MR) is 86.9 cm³/mol. The first kappa shape index (κ1) is 16.7. The summed E-state index contributed by atoms with van der Waals surface area (Å²) in [5.74, 6) is -1.36. The zero-order valence-electron chi connectivity index (χ0n) is 13.6. The highest BCUT2D eigenvalue weighted by molar-refractivity contribution is 5.77. The Morgan fingerprint density at radius 1 is 1.25 bits per heavy atom. The molecule has 6 heteroatoms. The minimum Gasteiger partial charge on any atom is -0.481 e. The van der Waals surface area contributed by atoms with Gasteiger partial charge in [0.2, 0.25) is 0 Å². The fourth-order valence-corrected chi connectivity index (χ4v) is 3.83. The number of hydrogen-bond acceptors (Lipinski definition) is 2. The van der Waals surface area contributed by atoms with Crippen LogP contribution in [-0.4, -0.2) is 35.1 Å². The van der Waals surface area contributed by atoms with Crippen LogP contribution in [0.2, 0.25) is 0 Å². The number of benzene rings is 1. The van der Waals surface area contributed by atoms with Crippen molar-refractivity contribution in [3.8, 4) is 0 Å². The van der Waals surface area contributed by atoms with Gasteiger partial charge in [-0.25, -0.2) is 9.18 Å². The summed E-state index contributed by atoms with van der Waals surface area (Å²) in [6, 6.07) is 5.91. The van der Waals surface area contributed by atoms with Crippen molar-refractivity contribution in [2.45, 2.75) is 38.1 Å². The van der Waals surface area contributed by atoms with E-state index < -0.39 is 11.9 Å². The molecule has 1 aromatic rings. The van der Waals surface area contributed by atoms with E-state index in [9.17, 15) is 14.0 Å². The van der Waals surface area contributed by atoms with Crippen LogP contribution in [0.25, 0.3) is 0 Å². The molecule has 5 nitrogen and oxygen atoms in total. The number of carboxylic acids is 1. The van der Waals surface area contributed by atoms with Gasteiger partial charge < -0.3 is 15.3 Å². The van der Waals surface area contributed by atoms with E-state index in [1.165, 1.54) is 12.1 Å². The number of hydrogen-bond donors (Lipinski definition) is 2. The highest BCUT2D eigenvalue weighted by Gasteiger charge is 2.34. The van der Waals surface area contributed by atoms with Crippen LogP contribution in [0.5, 0.6) is 0 Å². The lowest BCUT2D eigenvalue weighted by atomic mass is 9.91. The monoisotopic (exact) mass is 334 g/mol. The zero-order chi connectivity index (χ0) is 17.1. The second kappa shape index (κ2) is 7.20. The summed E-state index contributed by atoms with van der Waals surface area (Å²) in [5.41, 5.74) is 0.782. The summed E-state index contributed by atoms with van der Waals surface area (Å²) in [6.07, 6.45) is 4.75. The SMILES string of the molecule is O=C(O)C1CCN(C(=O)NC(c2cccc(F)c2)C2CCCC2)C1. The van der Waals surface area contributed by atoms with E-state index in [1.54, 1.807) is 11.0 Å². The number of nitrogens with one attached hydrogen (secondary N) is 1. The standard InChI is InChI=1S/C18H23FN2O3/c19-15-7-3-6-13(10-15)16(12-4-1-2-5-12)20-18(24)21-9-8-14(11-21)17(22)23/h3,6-7,10,12,14,16H,1-2,4-5,8-9,11H2,(H,20,24)(H,22,23). The van der Waals surface area contributed by atoms with Crippen molar-refractivity contribution in [1.29, 1.82) is 0 Å². The number of carboxylic acid groups (broad SMARTS) is 1. The minimum atomic E-state index is -0.859. The summed E-state index contributed by atoms with van der Waals surface area (Å²) >= 11 is 0. The molecule has 2 fully saturated rings. The van der Waals surface area contributed by atoms with Crippen molar-refractivity contribution in [2.24, 2.45) is 11.8 Å². The van der Waals surface area contributed by atoms with Crippen molar-refractivity contribution < 1.29 is 19.1 Å². The van der Waals surface area contributed by atoms with Gasteiger partial charge >= 0.3 is 12.0 Å². The largest absolute Gasteiger partial charge is 0.481 e. The molecule has 2 aliphatic rings. The Hall–Kier alpha value is -2.11. The van der Waals surface area contributed by atoms with Crippen molar-refractivity contribution in [1.82, 2.24) is 10.2 Å². The zero-order valence-corrected chi connectivity index (χ0v) is 13.6. The van der Waals surface area contributed by atoms with Gasteiger partial charge in [-0.15, -0.1) is 0 Å². The number of aliphatic carboxylic acids is 1. The average Bonchev–Trinajstić information content (AvgIpc) is 3.23. The van der Waals surface area contributed by atoms with Gasteiger partial charge in [0, 0.05) is 13.1 Å². The average molecular weight is 334 g/mol. The summed E-state index contributed by atoms with van der Waals surface area (Å²) in [6.45, 7) is 0.686. The van der Waals surface area contributed by atoms with Crippen molar-refractivity contribution >= 4 is 12.0 Å². The van der Waals surface area contributed by atoms with Gasteiger partial charge in [0.25, 0.3) is 0 Å².